The van der Waals surface area contributed by atoms with Crippen molar-refractivity contribution in [1.29, 1.82) is 0 Å². The topological polar surface area (TPSA) is 66.7 Å². The van der Waals surface area contributed by atoms with Gasteiger partial charge in [-0.1, -0.05) is 0 Å². The first kappa shape index (κ1) is 13.3. The van der Waals surface area contributed by atoms with E-state index in [0.717, 1.165) is 18.7 Å². The van der Waals surface area contributed by atoms with Gasteiger partial charge in [0.05, 0.1) is 4.92 Å². The van der Waals surface area contributed by atoms with Crippen LogP contribution >= 0.6 is 0 Å². The Morgan fingerprint density at radius 3 is 2.53 bits per heavy atom. The summed E-state index contributed by atoms with van der Waals surface area (Å²) in [5.41, 5.74) is 1.02. The lowest BCUT2D eigenvalue weighted by atomic mass is 10.2. The van der Waals surface area contributed by atoms with E-state index in [4.69, 9.17) is 0 Å². The number of nitro groups is 1. The molecule has 19 heavy (non-hydrogen) atoms. The van der Waals surface area contributed by atoms with Crippen LogP contribution in [0.3, 0.4) is 0 Å². The van der Waals surface area contributed by atoms with Crippen LogP contribution in [0.4, 0.5) is 11.4 Å². The fourth-order valence-electron chi connectivity index (χ4n) is 2.36. The molecule has 6 nitrogen and oxygen atoms in total. The summed E-state index contributed by atoms with van der Waals surface area (Å²) in [5, 5.41) is 10.6. The average Bonchev–Trinajstić information content (AvgIpc) is 2.87. The van der Waals surface area contributed by atoms with E-state index in [-0.39, 0.29) is 17.6 Å². The summed E-state index contributed by atoms with van der Waals surface area (Å²) in [5.74, 6) is 0.0969. The second kappa shape index (κ2) is 5.26. The lowest BCUT2D eigenvalue weighted by Crippen LogP contribution is -2.35. The number of anilines is 1. The minimum absolute atomic E-state index is 0.0916. The molecule has 1 fully saturated rings. The van der Waals surface area contributed by atoms with Crippen LogP contribution in [0.5, 0.6) is 0 Å². The van der Waals surface area contributed by atoms with Crippen molar-refractivity contribution < 1.29 is 9.72 Å². The van der Waals surface area contributed by atoms with Crippen molar-refractivity contribution in [2.45, 2.75) is 19.4 Å². The maximum absolute atomic E-state index is 11.3. The summed E-state index contributed by atoms with van der Waals surface area (Å²) in [6.07, 6.45) is 0.924. The Bertz CT molecular complexity index is 486. The predicted molar refractivity (Wildman–Crippen MR) is 72.2 cm³/mol. The van der Waals surface area contributed by atoms with Crippen LogP contribution in [0.1, 0.15) is 13.3 Å². The molecule has 1 amide bonds. The second-order valence-electron chi connectivity index (χ2n) is 4.79. The number of nitro benzene ring substituents is 1. The molecule has 1 aliphatic heterocycles. The fraction of sp³-hybridized carbons (Fsp3) is 0.462. The van der Waals surface area contributed by atoms with Crippen molar-refractivity contribution >= 4 is 17.3 Å². The Morgan fingerprint density at radius 1 is 1.42 bits per heavy atom. The number of rotatable bonds is 3. The number of benzene rings is 1. The van der Waals surface area contributed by atoms with Gasteiger partial charge in [-0.25, -0.2) is 0 Å². The summed E-state index contributed by atoms with van der Waals surface area (Å²) >= 11 is 0. The van der Waals surface area contributed by atoms with Gasteiger partial charge in [-0.05, 0) is 18.6 Å². The third-order valence-corrected chi connectivity index (χ3v) is 3.62. The number of amides is 1. The molecule has 2 rings (SSSR count). The Labute approximate surface area is 111 Å². The largest absolute Gasteiger partial charge is 0.370 e. The Hall–Kier alpha value is -2.11. The van der Waals surface area contributed by atoms with E-state index in [1.807, 2.05) is 11.9 Å². The van der Waals surface area contributed by atoms with Gasteiger partial charge in [0.25, 0.3) is 5.69 Å². The predicted octanol–water partition coefficient (Wildman–Crippen LogP) is 1.65. The highest BCUT2D eigenvalue weighted by molar-refractivity contribution is 5.73. The molecule has 1 aromatic rings. The highest BCUT2D eigenvalue weighted by Gasteiger charge is 2.27. The van der Waals surface area contributed by atoms with Crippen LogP contribution in [0, 0.1) is 10.1 Å². The first-order valence-electron chi connectivity index (χ1n) is 6.22. The van der Waals surface area contributed by atoms with E-state index in [1.54, 1.807) is 19.1 Å². The highest BCUT2D eigenvalue weighted by atomic mass is 16.6. The van der Waals surface area contributed by atoms with Crippen LogP contribution in [-0.2, 0) is 4.79 Å². The van der Waals surface area contributed by atoms with Gasteiger partial charge in [0, 0.05) is 50.9 Å². The normalized spacial score (nSPS) is 18.4. The molecule has 1 saturated heterocycles. The van der Waals surface area contributed by atoms with Crippen molar-refractivity contribution in [2.24, 2.45) is 0 Å². The van der Waals surface area contributed by atoms with E-state index in [1.165, 1.54) is 12.1 Å². The molecule has 0 radical (unpaired) electrons. The van der Waals surface area contributed by atoms with Crippen LogP contribution in [0.15, 0.2) is 24.3 Å². The van der Waals surface area contributed by atoms with Crippen LogP contribution < -0.4 is 4.90 Å². The summed E-state index contributed by atoms with van der Waals surface area (Å²) in [6.45, 7) is 3.06. The smallest absolute Gasteiger partial charge is 0.269 e. The second-order valence-corrected chi connectivity index (χ2v) is 4.79. The van der Waals surface area contributed by atoms with Crippen molar-refractivity contribution in [3.05, 3.63) is 34.4 Å². The van der Waals surface area contributed by atoms with Crippen molar-refractivity contribution in [3.8, 4) is 0 Å². The quantitative estimate of drug-likeness (QED) is 0.614. The molecule has 0 N–H and O–H groups in total. The van der Waals surface area contributed by atoms with Gasteiger partial charge in [-0.2, -0.15) is 0 Å². The standard InChI is InChI=1S/C13H17N3O3/c1-10(17)15-8-7-13(9-15)14(2)11-3-5-12(6-4-11)16(18)19/h3-6,13H,7-9H2,1-2H3. The summed E-state index contributed by atoms with van der Waals surface area (Å²) in [6, 6.07) is 6.77. The van der Waals surface area contributed by atoms with Gasteiger partial charge in [0.2, 0.25) is 5.91 Å². The summed E-state index contributed by atoms with van der Waals surface area (Å²) < 4.78 is 0. The number of carbonyl (C=O) groups excluding carboxylic acids is 1. The lowest BCUT2D eigenvalue weighted by Gasteiger charge is -2.26. The monoisotopic (exact) mass is 263 g/mol. The minimum Gasteiger partial charge on any atom is -0.370 e. The van der Waals surface area contributed by atoms with Crippen LogP contribution in [-0.4, -0.2) is 41.9 Å². The maximum Gasteiger partial charge on any atom is 0.269 e. The van der Waals surface area contributed by atoms with Crippen LogP contribution in [0.25, 0.3) is 0 Å². The molecule has 1 unspecified atom stereocenters. The Balaban J connectivity index is 2.06. The molecule has 0 saturated carbocycles. The van der Waals surface area contributed by atoms with Gasteiger partial charge in [-0.15, -0.1) is 0 Å². The van der Waals surface area contributed by atoms with Gasteiger partial charge >= 0.3 is 0 Å². The average molecular weight is 263 g/mol. The van der Waals surface area contributed by atoms with E-state index >= 15 is 0 Å². The third kappa shape index (κ3) is 2.83. The number of hydrogen-bond donors (Lipinski definition) is 0. The van der Waals surface area contributed by atoms with E-state index in [2.05, 4.69) is 4.90 Å². The molecule has 1 aliphatic rings. The number of carbonyl (C=O) groups is 1. The van der Waals surface area contributed by atoms with Crippen molar-refractivity contribution in [3.63, 3.8) is 0 Å². The Kier molecular flexibility index (Phi) is 3.69. The summed E-state index contributed by atoms with van der Waals surface area (Å²) in [7, 11) is 1.95. The molecule has 0 aromatic heterocycles. The molecular weight excluding hydrogens is 246 g/mol. The number of non-ortho nitro benzene ring substituents is 1. The number of hydrogen-bond acceptors (Lipinski definition) is 4. The number of likely N-dealkylation sites (N-methyl/N-ethyl adjacent to an activating group) is 1. The van der Waals surface area contributed by atoms with Crippen LogP contribution in [0.2, 0.25) is 0 Å². The zero-order valence-corrected chi connectivity index (χ0v) is 11.1. The zero-order chi connectivity index (χ0) is 14.0. The third-order valence-electron chi connectivity index (χ3n) is 3.62. The lowest BCUT2D eigenvalue weighted by molar-refractivity contribution is -0.384. The summed E-state index contributed by atoms with van der Waals surface area (Å²) in [4.78, 5) is 25.4. The maximum atomic E-state index is 11.3. The van der Waals surface area contributed by atoms with Gasteiger partial charge in [0.15, 0.2) is 0 Å². The van der Waals surface area contributed by atoms with Gasteiger partial charge < -0.3 is 9.80 Å². The molecule has 6 heteroatoms. The number of nitrogens with zero attached hydrogens (tertiary/aromatic N) is 3. The van der Waals surface area contributed by atoms with Crippen molar-refractivity contribution in [1.82, 2.24) is 4.90 Å². The molecule has 1 aromatic carbocycles. The van der Waals surface area contributed by atoms with E-state index in [9.17, 15) is 14.9 Å². The molecule has 0 spiro atoms. The molecule has 1 heterocycles. The van der Waals surface area contributed by atoms with E-state index < -0.39 is 4.92 Å². The molecule has 0 bridgehead atoms. The fourth-order valence-corrected chi connectivity index (χ4v) is 2.36. The number of likely N-dealkylation sites (tertiary alicyclic amines) is 1. The molecule has 0 aliphatic carbocycles. The molecule has 102 valence electrons. The first-order valence-corrected chi connectivity index (χ1v) is 6.22. The zero-order valence-electron chi connectivity index (χ0n) is 11.1. The van der Waals surface area contributed by atoms with Gasteiger partial charge in [-0.3, -0.25) is 14.9 Å². The highest BCUT2D eigenvalue weighted by Crippen LogP contribution is 2.23. The van der Waals surface area contributed by atoms with Crippen molar-refractivity contribution in [2.75, 3.05) is 25.0 Å². The van der Waals surface area contributed by atoms with Gasteiger partial charge in [0.1, 0.15) is 0 Å². The first-order chi connectivity index (χ1) is 8.99. The molecular formula is C13H17N3O3. The van der Waals surface area contributed by atoms with E-state index in [0.29, 0.717) is 6.54 Å². The Morgan fingerprint density at radius 2 is 2.05 bits per heavy atom. The SMILES string of the molecule is CC(=O)N1CCC(N(C)c2ccc([N+](=O)[O-])cc2)C1. The minimum atomic E-state index is -0.406. The molecule has 1 atom stereocenters.